The highest BCUT2D eigenvalue weighted by atomic mass is 19.1. The van der Waals surface area contributed by atoms with Crippen LogP contribution in [0.15, 0.2) is 30.1 Å². The van der Waals surface area contributed by atoms with Gasteiger partial charge in [0.15, 0.2) is 5.82 Å². The number of aryl methyl sites for hydroxylation is 1. The van der Waals surface area contributed by atoms with E-state index in [0.717, 1.165) is 17.1 Å². The minimum atomic E-state index is -0.305. The van der Waals surface area contributed by atoms with E-state index in [0.29, 0.717) is 18.7 Å². The molecule has 2 heterocycles. The number of benzene rings is 1. The maximum Gasteiger partial charge on any atom is 0.322 e. The Kier molecular flexibility index (Phi) is 4.78. The number of tetrazole rings is 1. The Balaban J connectivity index is 1.77. The van der Waals surface area contributed by atoms with Crippen molar-refractivity contribution in [2.24, 2.45) is 0 Å². The van der Waals surface area contributed by atoms with E-state index in [9.17, 15) is 9.18 Å². The molecule has 25 heavy (non-hydrogen) atoms. The molecular formula is C17H21FN6O. The molecule has 7 nitrogen and oxygen atoms in total. The predicted octanol–water partition coefficient (Wildman–Crippen LogP) is 3.19. The predicted molar refractivity (Wildman–Crippen MR) is 92.4 cm³/mol. The van der Waals surface area contributed by atoms with Crippen LogP contribution in [0.3, 0.4) is 0 Å². The van der Waals surface area contributed by atoms with E-state index >= 15 is 0 Å². The molecule has 132 valence electrons. The van der Waals surface area contributed by atoms with E-state index in [-0.39, 0.29) is 24.3 Å². The van der Waals surface area contributed by atoms with Crippen molar-refractivity contribution in [3.05, 3.63) is 41.5 Å². The third kappa shape index (κ3) is 3.67. The lowest BCUT2D eigenvalue weighted by Crippen LogP contribution is -2.38. The van der Waals surface area contributed by atoms with Crippen LogP contribution in [0.1, 0.15) is 37.6 Å². The first-order valence-corrected chi connectivity index (χ1v) is 8.25. The van der Waals surface area contributed by atoms with Crippen LogP contribution in [0, 0.1) is 6.92 Å². The second-order valence-corrected chi connectivity index (χ2v) is 6.40. The minimum absolute atomic E-state index is 0.0191. The Morgan fingerprint density at radius 1 is 1.36 bits per heavy atom. The van der Waals surface area contributed by atoms with Gasteiger partial charge in [-0.15, -0.1) is 5.10 Å². The molecule has 1 aliphatic heterocycles. The van der Waals surface area contributed by atoms with E-state index in [2.05, 4.69) is 20.8 Å². The van der Waals surface area contributed by atoms with Crippen molar-refractivity contribution in [2.45, 2.75) is 33.1 Å². The van der Waals surface area contributed by atoms with Crippen molar-refractivity contribution in [3.63, 3.8) is 0 Å². The van der Waals surface area contributed by atoms with Crippen molar-refractivity contribution in [2.75, 3.05) is 18.4 Å². The first-order valence-electron chi connectivity index (χ1n) is 8.25. The zero-order valence-corrected chi connectivity index (χ0v) is 14.5. The number of amides is 2. The molecule has 2 aromatic rings. The second-order valence-electron chi connectivity index (χ2n) is 6.40. The van der Waals surface area contributed by atoms with E-state index < -0.39 is 0 Å². The highest BCUT2D eigenvalue weighted by Gasteiger charge is 2.19. The van der Waals surface area contributed by atoms with Gasteiger partial charge in [-0.1, -0.05) is 13.8 Å². The lowest BCUT2D eigenvalue weighted by molar-refractivity contribution is 0.210. The number of halogens is 1. The quantitative estimate of drug-likeness (QED) is 0.928. The smallest absolute Gasteiger partial charge is 0.318 e. The van der Waals surface area contributed by atoms with Crippen LogP contribution < -0.4 is 5.32 Å². The second kappa shape index (κ2) is 7.00. The summed E-state index contributed by atoms with van der Waals surface area (Å²) in [5.74, 6) is 0.694. The number of hydrogen-bond donors (Lipinski definition) is 1. The van der Waals surface area contributed by atoms with Crippen molar-refractivity contribution >= 4 is 11.7 Å². The van der Waals surface area contributed by atoms with Gasteiger partial charge in [-0.25, -0.2) is 9.18 Å². The Bertz CT molecular complexity index is 813. The highest BCUT2D eigenvalue weighted by Crippen LogP contribution is 2.22. The fraction of sp³-hybridized carbons (Fsp3) is 0.412. The van der Waals surface area contributed by atoms with Gasteiger partial charge in [0.2, 0.25) is 0 Å². The lowest BCUT2D eigenvalue weighted by atomic mass is 10.1. The Labute approximate surface area is 145 Å². The van der Waals surface area contributed by atoms with Crippen LogP contribution in [-0.4, -0.2) is 44.2 Å². The molecular weight excluding hydrogens is 323 g/mol. The summed E-state index contributed by atoms with van der Waals surface area (Å²) in [6.07, 6.45) is 2.05. The SMILES string of the molecule is Cc1cc(NC(=O)N2CCC=C(F)C2)ccc1-n1nnnc1C(C)C. The van der Waals surface area contributed by atoms with Crippen LogP contribution in [0.5, 0.6) is 0 Å². The normalized spacial score (nSPS) is 14.6. The molecule has 8 heteroatoms. The topological polar surface area (TPSA) is 75.9 Å². The molecule has 1 N–H and O–H groups in total. The van der Waals surface area contributed by atoms with Crippen molar-refractivity contribution in [1.29, 1.82) is 0 Å². The molecule has 3 rings (SSSR count). The average Bonchev–Trinajstić information content (AvgIpc) is 3.04. The zero-order valence-electron chi connectivity index (χ0n) is 14.5. The maximum absolute atomic E-state index is 13.3. The number of anilines is 1. The van der Waals surface area contributed by atoms with Gasteiger partial charge in [-0.3, -0.25) is 0 Å². The van der Waals surface area contributed by atoms with Gasteiger partial charge in [-0.05, 0) is 53.6 Å². The van der Waals surface area contributed by atoms with Crippen molar-refractivity contribution in [1.82, 2.24) is 25.1 Å². The summed E-state index contributed by atoms with van der Waals surface area (Å²) in [6, 6.07) is 5.21. The van der Waals surface area contributed by atoms with Crippen LogP contribution in [0.2, 0.25) is 0 Å². The summed E-state index contributed by atoms with van der Waals surface area (Å²) in [7, 11) is 0. The van der Waals surface area contributed by atoms with Gasteiger partial charge in [0.05, 0.1) is 12.2 Å². The summed E-state index contributed by atoms with van der Waals surface area (Å²) in [5.41, 5.74) is 2.44. The van der Waals surface area contributed by atoms with Crippen molar-refractivity contribution in [3.8, 4) is 5.69 Å². The number of nitrogens with zero attached hydrogens (tertiary/aromatic N) is 5. The molecule has 0 unspecified atom stereocenters. The van der Waals surface area contributed by atoms with Crippen LogP contribution in [-0.2, 0) is 0 Å². The molecule has 0 saturated carbocycles. The monoisotopic (exact) mass is 344 g/mol. The fourth-order valence-corrected chi connectivity index (χ4v) is 2.78. The minimum Gasteiger partial charge on any atom is -0.318 e. The Morgan fingerprint density at radius 3 is 2.84 bits per heavy atom. The lowest BCUT2D eigenvalue weighted by Gasteiger charge is -2.25. The van der Waals surface area contributed by atoms with Crippen LogP contribution >= 0.6 is 0 Å². The van der Waals surface area contributed by atoms with Crippen LogP contribution in [0.4, 0.5) is 14.9 Å². The summed E-state index contributed by atoms with van der Waals surface area (Å²) in [6.45, 7) is 6.51. The Morgan fingerprint density at radius 2 is 2.16 bits per heavy atom. The van der Waals surface area contributed by atoms with Crippen molar-refractivity contribution < 1.29 is 9.18 Å². The molecule has 0 aliphatic carbocycles. The fourth-order valence-electron chi connectivity index (χ4n) is 2.78. The summed E-state index contributed by atoms with van der Waals surface area (Å²) >= 11 is 0. The molecule has 1 aliphatic rings. The summed E-state index contributed by atoms with van der Waals surface area (Å²) in [5, 5.41) is 14.7. The third-order valence-electron chi connectivity index (χ3n) is 4.08. The van der Waals surface area contributed by atoms with Gasteiger partial charge in [0.1, 0.15) is 5.83 Å². The maximum atomic E-state index is 13.3. The van der Waals surface area contributed by atoms with Gasteiger partial charge >= 0.3 is 6.03 Å². The summed E-state index contributed by atoms with van der Waals surface area (Å²) in [4.78, 5) is 13.7. The van der Waals surface area contributed by atoms with E-state index in [4.69, 9.17) is 0 Å². The summed E-state index contributed by atoms with van der Waals surface area (Å²) < 4.78 is 15.0. The number of carbonyl (C=O) groups excluding carboxylic acids is 1. The zero-order chi connectivity index (χ0) is 18.0. The molecule has 0 fully saturated rings. The standard InChI is InChI=1S/C17H21FN6O/c1-11(2)16-20-21-22-24(16)15-7-6-14(9-12(15)3)19-17(25)23-8-4-5-13(18)10-23/h5-7,9,11H,4,8,10H2,1-3H3,(H,19,25). The van der Waals surface area contributed by atoms with Gasteiger partial charge < -0.3 is 10.2 Å². The largest absolute Gasteiger partial charge is 0.322 e. The highest BCUT2D eigenvalue weighted by molar-refractivity contribution is 5.89. The Hall–Kier alpha value is -2.77. The molecule has 2 amide bonds. The van der Waals surface area contributed by atoms with Gasteiger partial charge in [-0.2, -0.15) is 4.68 Å². The van der Waals surface area contributed by atoms with Gasteiger partial charge in [0, 0.05) is 18.2 Å². The molecule has 1 aromatic heterocycles. The molecule has 0 atom stereocenters. The van der Waals surface area contributed by atoms with E-state index in [1.807, 2.05) is 32.9 Å². The first-order chi connectivity index (χ1) is 12.0. The van der Waals surface area contributed by atoms with Gasteiger partial charge in [0.25, 0.3) is 0 Å². The third-order valence-corrected chi connectivity index (χ3v) is 4.08. The van der Waals surface area contributed by atoms with Crippen LogP contribution in [0.25, 0.3) is 5.69 Å². The number of urea groups is 1. The molecule has 0 saturated heterocycles. The number of carbonyl (C=O) groups is 1. The molecule has 0 bridgehead atoms. The molecule has 1 aromatic carbocycles. The van der Waals surface area contributed by atoms with E-state index in [1.54, 1.807) is 10.7 Å². The number of aromatic nitrogens is 4. The molecule has 0 radical (unpaired) electrons. The number of hydrogen-bond acceptors (Lipinski definition) is 4. The number of nitrogens with one attached hydrogen (secondary N) is 1. The number of rotatable bonds is 3. The first kappa shape index (κ1) is 17.1. The average molecular weight is 344 g/mol. The molecule has 0 spiro atoms. The van der Waals surface area contributed by atoms with E-state index in [1.165, 1.54) is 11.0 Å².